The van der Waals surface area contributed by atoms with Crippen LogP contribution in [0.25, 0.3) is 0 Å². The summed E-state index contributed by atoms with van der Waals surface area (Å²) in [5, 5.41) is 9.05. The molecule has 0 saturated carbocycles. The van der Waals surface area contributed by atoms with Crippen LogP contribution >= 0.6 is 0 Å². The van der Waals surface area contributed by atoms with Gasteiger partial charge >= 0.3 is 0 Å². The first-order valence-electron chi connectivity index (χ1n) is 9.48. The van der Waals surface area contributed by atoms with Gasteiger partial charge in [0, 0.05) is 30.9 Å². The summed E-state index contributed by atoms with van der Waals surface area (Å²) in [6.07, 6.45) is 2.60. The summed E-state index contributed by atoms with van der Waals surface area (Å²) in [5.74, 6) is -0.356. The van der Waals surface area contributed by atoms with Crippen LogP contribution in [0.5, 0.6) is 0 Å². The Labute approximate surface area is 158 Å². The van der Waals surface area contributed by atoms with Crippen LogP contribution in [0.15, 0.2) is 42.5 Å². The molecule has 3 N–H and O–H groups in total. The number of carbonyl (C=O) groups is 2. The van der Waals surface area contributed by atoms with Gasteiger partial charge in [-0.05, 0) is 61.8 Å². The van der Waals surface area contributed by atoms with E-state index in [4.69, 9.17) is 0 Å². The molecule has 1 saturated heterocycles. The minimum atomic E-state index is -0.216. The molecule has 0 radical (unpaired) electrons. The first-order chi connectivity index (χ1) is 13.2. The number of amides is 2. The van der Waals surface area contributed by atoms with Gasteiger partial charge in [0.05, 0.1) is 11.3 Å². The van der Waals surface area contributed by atoms with Gasteiger partial charge in [-0.15, -0.1) is 0 Å². The Morgan fingerprint density at radius 2 is 1.85 bits per heavy atom. The molecule has 6 nitrogen and oxygen atoms in total. The summed E-state index contributed by atoms with van der Waals surface area (Å²) < 4.78 is 0. The largest absolute Gasteiger partial charge is 0.384 e. The molecule has 6 heteroatoms. The summed E-state index contributed by atoms with van der Waals surface area (Å²) in [4.78, 5) is 27.0. The Bertz CT molecular complexity index is 842. The molecule has 0 bridgehead atoms. The zero-order valence-electron chi connectivity index (χ0n) is 15.3. The van der Waals surface area contributed by atoms with Crippen LogP contribution in [0.2, 0.25) is 0 Å². The molecule has 0 aliphatic carbocycles. The highest BCUT2D eigenvalue weighted by Crippen LogP contribution is 2.24. The van der Waals surface area contributed by atoms with Crippen LogP contribution in [0.3, 0.4) is 0 Å². The fourth-order valence-corrected chi connectivity index (χ4v) is 3.68. The van der Waals surface area contributed by atoms with Crippen molar-refractivity contribution in [2.75, 3.05) is 36.8 Å². The standard InChI is InChI=1S/C21H24N4O2/c26-20(24-18-5-3-4-16-14-23-21(27)19(16)18)15-6-8-17(9-7-15)22-10-13-25-11-1-2-12-25/h3-9,22H,1-2,10-14H2,(H,23,27)(H,24,26). The second kappa shape index (κ2) is 7.80. The molecule has 2 heterocycles. The normalized spacial score (nSPS) is 16.1. The van der Waals surface area contributed by atoms with E-state index in [-0.39, 0.29) is 11.8 Å². The number of carbonyl (C=O) groups excluding carboxylic acids is 2. The van der Waals surface area contributed by atoms with E-state index in [1.165, 1.54) is 25.9 Å². The zero-order valence-corrected chi connectivity index (χ0v) is 15.3. The van der Waals surface area contributed by atoms with Gasteiger partial charge in [-0.1, -0.05) is 12.1 Å². The van der Waals surface area contributed by atoms with Crippen LogP contribution in [-0.2, 0) is 6.54 Å². The summed E-state index contributed by atoms with van der Waals surface area (Å²) in [5.41, 5.74) is 3.60. The van der Waals surface area contributed by atoms with E-state index in [0.29, 0.717) is 23.4 Å². The van der Waals surface area contributed by atoms with Crippen LogP contribution in [-0.4, -0.2) is 42.9 Å². The lowest BCUT2D eigenvalue weighted by Crippen LogP contribution is -2.25. The Morgan fingerprint density at radius 3 is 2.63 bits per heavy atom. The minimum Gasteiger partial charge on any atom is -0.384 e. The van der Waals surface area contributed by atoms with Gasteiger partial charge in [-0.2, -0.15) is 0 Å². The zero-order chi connectivity index (χ0) is 18.6. The predicted molar refractivity (Wildman–Crippen MR) is 106 cm³/mol. The first-order valence-corrected chi connectivity index (χ1v) is 9.48. The van der Waals surface area contributed by atoms with Crippen LogP contribution in [0.4, 0.5) is 11.4 Å². The van der Waals surface area contributed by atoms with Crippen molar-refractivity contribution >= 4 is 23.2 Å². The van der Waals surface area contributed by atoms with E-state index in [2.05, 4.69) is 20.9 Å². The molecule has 2 aromatic rings. The Kier molecular flexibility index (Phi) is 5.07. The van der Waals surface area contributed by atoms with Crippen LogP contribution in [0.1, 0.15) is 39.1 Å². The number of nitrogens with zero attached hydrogens (tertiary/aromatic N) is 1. The minimum absolute atomic E-state index is 0.140. The topological polar surface area (TPSA) is 73.5 Å². The van der Waals surface area contributed by atoms with Gasteiger partial charge in [-0.3, -0.25) is 9.59 Å². The van der Waals surface area contributed by atoms with Crippen molar-refractivity contribution in [3.63, 3.8) is 0 Å². The monoisotopic (exact) mass is 364 g/mol. The van der Waals surface area contributed by atoms with Gasteiger partial charge in [0.25, 0.3) is 11.8 Å². The second-order valence-corrected chi connectivity index (χ2v) is 7.03. The van der Waals surface area contributed by atoms with Gasteiger partial charge in [0.15, 0.2) is 0 Å². The third kappa shape index (κ3) is 3.95. The lowest BCUT2D eigenvalue weighted by Gasteiger charge is -2.15. The van der Waals surface area contributed by atoms with Crippen molar-refractivity contribution in [3.8, 4) is 0 Å². The third-order valence-electron chi connectivity index (χ3n) is 5.17. The maximum absolute atomic E-state index is 12.6. The molecular weight excluding hydrogens is 340 g/mol. The number of hydrogen-bond donors (Lipinski definition) is 3. The van der Waals surface area contributed by atoms with Crippen molar-refractivity contribution in [1.29, 1.82) is 0 Å². The second-order valence-electron chi connectivity index (χ2n) is 7.03. The third-order valence-corrected chi connectivity index (χ3v) is 5.17. The molecule has 0 atom stereocenters. The highest BCUT2D eigenvalue weighted by molar-refractivity contribution is 6.10. The molecule has 0 aromatic heterocycles. The quantitative estimate of drug-likeness (QED) is 0.737. The maximum Gasteiger partial charge on any atom is 0.255 e. The highest BCUT2D eigenvalue weighted by Gasteiger charge is 2.23. The molecule has 0 unspecified atom stereocenters. The lowest BCUT2D eigenvalue weighted by atomic mass is 10.1. The van der Waals surface area contributed by atoms with Crippen molar-refractivity contribution in [3.05, 3.63) is 59.2 Å². The van der Waals surface area contributed by atoms with E-state index in [1.807, 2.05) is 24.3 Å². The SMILES string of the molecule is O=C(Nc1cccc2c1C(=O)NC2)c1ccc(NCCN2CCCC2)cc1. The molecule has 140 valence electrons. The van der Waals surface area contributed by atoms with Crippen molar-refractivity contribution in [2.45, 2.75) is 19.4 Å². The number of fused-ring (bicyclic) bond motifs is 1. The number of nitrogens with one attached hydrogen (secondary N) is 3. The number of hydrogen-bond acceptors (Lipinski definition) is 4. The van der Waals surface area contributed by atoms with Gasteiger partial charge in [-0.25, -0.2) is 0 Å². The summed E-state index contributed by atoms with van der Waals surface area (Å²) >= 11 is 0. The number of benzene rings is 2. The number of anilines is 2. The van der Waals surface area contributed by atoms with Gasteiger partial charge in [0.1, 0.15) is 0 Å². The van der Waals surface area contributed by atoms with Gasteiger partial charge < -0.3 is 20.9 Å². The maximum atomic E-state index is 12.6. The fraction of sp³-hybridized carbons (Fsp3) is 0.333. The molecule has 2 aliphatic rings. The van der Waals surface area contributed by atoms with Gasteiger partial charge in [0.2, 0.25) is 0 Å². The molecule has 0 spiro atoms. The Balaban J connectivity index is 1.35. The Hall–Kier alpha value is -2.86. The molecule has 2 aromatic carbocycles. The first kappa shape index (κ1) is 17.5. The average Bonchev–Trinajstić information content (AvgIpc) is 3.33. The molecule has 2 aliphatic heterocycles. The fourth-order valence-electron chi connectivity index (χ4n) is 3.68. The number of rotatable bonds is 6. The molecular formula is C21H24N4O2. The van der Waals surface area contributed by atoms with Crippen LogP contribution < -0.4 is 16.0 Å². The summed E-state index contributed by atoms with van der Waals surface area (Å²) in [6.45, 7) is 4.85. The van der Waals surface area contributed by atoms with Crippen molar-refractivity contribution < 1.29 is 9.59 Å². The molecule has 27 heavy (non-hydrogen) atoms. The summed E-state index contributed by atoms with van der Waals surface area (Å²) in [7, 11) is 0. The smallest absolute Gasteiger partial charge is 0.255 e. The van der Waals surface area contributed by atoms with E-state index in [1.54, 1.807) is 18.2 Å². The molecule has 1 fully saturated rings. The van der Waals surface area contributed by atoms with Crippen LogP contribution in [0, 0.1) is 0 Å². The van der Waals surface area contributed by atoms with E-state index in [0.717, 1.165) is 24.3 Å². The average molecular weight is 364 g/mol. The molecule has 4 rings (SSSR count). The predicted octanol–water partition coefficient (Wildman–Crippen LogP) is 2.69. The lowest BCUT2D eigenvalue weighted by molar-refractivity contribution is 0.0966. The summed E-state index contributed by atoms with van der Waals surface area (Å²) in [6, 6.07) is 12.9. The van der Waals surface area contributed by atoms with E-state index in [9.17, 15) is 9.59 Å². The van der Waals surface area contributed by atoms with E-state index >= 15 is 0 Å². The Morgan fingerprint density at radius 1 is 1.07 bits per heavy atom. The van der Waals surface area contributed by atoms with Crippen molar-refractivity contribution in [1.82, 2.24) is 10.2 Å². The van der Waals surface area contributed by atoms with E-state index < -0.39 is 0 Å². The molecule has 2 amide bonds. The van der Waals surface area contributed by atoms with Crippen molar-refractivity contribution in [2.24, 2.45) is 0 Å². The highest BCUT2D eigenvalue weighted by atomic mass is 16.2. The number of likely N-dealkylation sites (tertiary alicyclic amines) is 1.